The fourth-order valence-electron chi connectivity index (χ4n) is 1.89. The Morgan fingerprint density at radius 2 is 2.10 bits per heavy atom. The van der Waals surface area contributed by atoms with Gasteiger partial charge in [0, 0.05) is 25.7 Å². The summed E-state index contributed by atoms with van der Waals surface area (Å²) in [6.07, 6.45) is 0.932. The second-order valence-corrected chi connectivity index (χ2v) is 7.19. The normalized spacial score (nSPS) is 11.9. The number of nitrogens with one attached hydrogen (secondary N) is 1. The minimum atomic E-state index is -3.63. The largest absolute Gasteiger partial charge is 0.313 e. The molecule has 0 atom stereocenters. The van der Waals surface area contributed by atoms with E-state index in [2.05, 4.69) is 11.9 Å². The third-order valence-corrected chi connectivity index (χ3v) is 4.76. The number of sulfonamides is 1. The van der Waals surface area contributed by atoms with Crippen molar-refractivity contribution in [2.45, 2.75) is 31.7 Å². The maximum atomic E-state index is 13.7. The van der Waals surface area contributed by atoms with Crippen LogP contribution in [0.4, 0.5) is 4.39 Å². The van der Waals surface area contributed by atoms with Gasteiger partial charge in [-0.05, 0) is 38.1 Å². The van der Waals surface area contributed by atoms with Gasteiger partial charge in [0.1, 0.15) is 5.82 Å². The van der Waals surface area contributed by atoms with E-state index in [0.29, 0.717) is 12.1 Å². The molecule has 0 heterocycles. The van der Waals surface area contributed by atoms with Crippen molar-refractivity contribution < 1.29 is 12.8 Å². The van der Waals surface area contributed by atoms with Gasteiger partial charge in [-0.25, -0.2) is 12.8 Å². The lowest BCUT2D eigenvalue weighted by molar-refractivity contribution is 0.492. The van der Waals surface area contributed by atoms with Crippen LogP contribution in [0.25, 0.3) is 0 Å². The van der Waals surface area contributed by atoms with E-state index in [1.54, 1.807) is 6.92 Å². The van der Waals surface area contributed by atoms with E-state index in [4.69, 9.17) is 0 Å². The molecule has 6 heteroatoms. The van der Waals surface area contributed by atoms with E-state index in [1.165, 1.54) is 29.6 Å². The minimum Gasteiger partial charge on any atom is -0.313 e. The zero-order chi connectivity index (χ0) is 16.0. The third-order valence-electron chi connectivity index (χ3n) is 2.96. The highest BCUT2D eigenvalue weighted by Gasteiger charge is 2.21. The molecular formula is C15H23FN2O2S. The molecule has 0 spiro atoms. The first-order valence-electron chi connectivity index (χ1n) is 6.89. The van der Waals surface area contributed by atoms with Gasteiger partial charge in [0.2, 0.25) is 10.0 Å². The Morgan fingerprint density at radius 1 is 1.43 bits per heavy atom. The number of nitrogens with zero attached hydrogens (tertiary/aromatic N) is 1. The lowest BCUT2D eigenvalue weighted by Gasteiger charge is -2.18. The van der Waals surface area contributed by atoms with Gasteiger partial charge in [0.15, 0.2) is 0 Å². The summed E-state index contributed by atoms with van der Waals surface area (Å²) in [6, 6.07) is 3.88. The molecule has 1 rings (SSSR count). The van der Waals surface area contributed by atoms with Crippen LogP contribution in [0.5, 0.6) is 0 Å². The molecule has 0 saturated heterocycles. The van der Waals surface area contributed by atoms with Crippen molar-refractivity contribution in [2.24, 2.45) is 0 Å². The van der Waals surface area contributed by atoms with Crippen LogP contribution < -0.4 is 5.32 Å². The summed E-state index contributed by atoms with van der Waals surface area (Å²) in [5, 5.41) is 3.07. The number of hydrogen-bond acceptors (Lipinski definition) is 3. The van der Waals surface area contributed by atoms with Gasteiger partial charge >= 0.3 is 0 Å². The van der Waals surface area contributed by atoms with Gasteiger partial charge in [-0.3, -0.25) is 0 Å². The molecule has 0 aliphatic carbocycles. The van der Waals surface area contributed by atoms with Crippen LogP contribution in [0.2, 0.25) is 0 Å². The number of likely N-dealkylation sites (N-methyl/N-ethyl adjacent to an activating group) is 1. The summed E-state index contributed by atoms with van der Waals surface area (Å²) in [6.45, 7) is 8.79. The average Bonchev–Trinajstić information content (AvgIpc) is 2.40. The third kappa shape index (κ3) is 4.91. The number of hydrogen-bond donors (Lipinski definition) is 1. The summed E-state index contributed by atoms with van der Waals surface area (Å²) < 4.78 is 39.8. The maximum Gasteiger partial charge on any atom is 0.243 e. The molecule has 0 aliphatic rings. The Morgan fingerprint density at radius 3 is 2.67 bits per heavy atom. The van der Waals surface area contributed by atoms with Crippen LogP contribution in [0.3, 0.4) is 0 Å². The predicted molar refractivity (Wildman–Crippen MR) is 83.0 cm³/mol. The first-order chi connectivity index (χ1) is 9.78. The Bertz CT molecular complexity index is 600. The zero-order valence-electron chi connectivity index (χ0n) is 12.8. The lowest BCUT2D eigenvalue weighted by Crippen LogP contribution is -2.28. The van der Waals surface area contributed by atoms with Crippen LogP contribution in [-0.4, -0.2) is 32.9 Å². The van der Waals surface area contributed by atoms with Gasteiger partial charge in [-0.15, -0.1) is 0 Å². The first kappa shape index (κ1) is 17.8. The second-order valence-electron chi connectivity index (χ2n) is 5.15. The highest BCUT2D eigenvalue weighted by molar-refractivity contribution is 7.89. The molecule has 0 saturated carbocycles. The number of halogens is 1. The fraction of sp³-hybridized carbons (Fsp3) is 0.467. The monoisotopic (exact) mass is 314 g/mol. The van der Waals surface area contributed by atoms with Gasteiger partial charge in [-0.1, -0.05) is 19.1 Å². The molecule has 0 amide bonds. The summed E-state index contributed by atoms with van der Waals surface area (Å²) in [4.78, 5) is 0.0981. The van der Waals surface area contributed by atoms with Crippen molar-refractivity contribution in [1.29, 1.82) is 0 Å². The van der Waals surface area contributed by atoms with Crippen molar-refractivity contribution in [1.82, 2.24) is 9.62 Å². The van der Waals surface area contributed by atoms with Gasteiger partial charge in [0.25, 0.3) is 0 Å². The highest BCUT2D eigenvalue weighted by atomic mass is 32.2. The van der Waals surface area contributed by atoms with E-state index >= 15 is 0 Å². The van der Waals surface area contributed by atoms with Crippen molar-refractivity contribution in [3.8, 4) is 0 Å². The molecule has 0 unspecified atom stereocenters. The topological polar surface area (TPSA) is 49.4 Å². The zero-order valence-corrected chi connectivity index (χ0v) is 13.6. The molecule has 0 aliphatic heterocycles. The molecule has 1 aromatic carbocycles. The van der Waals surface area contributed by atoms with Crippen LogP contribution in [0.1, 0.15) is 25.8 Å². The molecule has 1 aromatic rings. The standard InChI is InChI=1S/C15H23FN2O2S/c1-5-8-17-10-13-9-14(6-7-15(13)16)21(19,20)18(4)11-12(2)3/h6-7,9,17H,2,5,8,10-11H2,1,3-4H3. The van der Waals surface area contributed by atoms with E-state index in [9.17, 15) is 12.8 Å². The quantitative estimate of drug-likeness (QED) is 0.592. The van der Waals surface area contributed by atoms with E-state index < -0.39 is 15.8 Å². The predicted octanol–water partition coefficient (Wildman–Crippen LogP) is 2.52. The minimum absolute atomic E-state index is 0.0981. The van der Waals surface area contributed by atoms with E-state index in [-0.39, 0.29) is 11.4 Å². The van der Waals surface area contributed by atoms with Gasteiger partial charge in [0.05, 0.1) is 4.90 Å². The molecule has 4 nitrogen and oxygen atoms in total. The van der Waals surface area contributed by atoms with Crippen LogP contribution in [-0.2, 0) is 16.6 Å². The Hall–Kier alpha value is -1.24. The molecule has 0 fully saturated rings. The molecule has 0 radical (unpaired) electrons. The smallest absolute Gasteiger partial charge is 0.243 e. The fourth-order valence-corrected chi connectivity index (χ4v) is 3.17. The summed E-state index contributed by atoms with van der Waals surface area (Å²) in [5.41, 5.74) is 1.10. The van der Waals surface area contributed by atoms with Crippen LogP contribution in [0, 0.1) is 5.82 Å². The molecule has 0 bridgehead atoms. The lowest BCUT2D eigenvalue weighted by atomic mass is 10.2. The van der Waals surface area contributed by atoms with Crippen molar-refractivity contribution in [3.05, 3.63) is 41.7 Å². The molecule has 0 aromatic heterocycles. The Labute approximate surface area is 126 Å². The summed E-state index contributed by atoms with van der Waals surface area (Å²) >= 11 is 0. The molecular weight excluding hydrogens is 291 g/mol. The maximum absolute atomic E-state index is 13.7. The number of benzene rings is 1. The molecule has 21 heavy (non-hydrogen) atoms. The van der Waals surface area contributed by atoms with Crippen molar-refractivity contribution in [2.75, 3.05) is 20.1 Å². The Kier molecular flexibility index (Phi) is 6.51. The Balaban J connectivity index is 3.02. The van der Waals surface area contributed by atoms with Gasteiger partial charge in [-0.2, -0.15) is 4.31 Å². The van der Waals surface area contributed by atoms with Crippen molar-refractivity contribution >= 4 is 10.0 Å². The van der Waals surface area contributed by atoms with E-state index in [0.717, 1.165) is 18.5 Å². The number of rotatable bonds is 8. The van der Waals surface area contributed by atoms with Crippen molar-refractivity contribution in [3.63, 3.8) is 0 Å². The summed E-state index contributed by atoms with van der Waals surface area (Å²) in [5.74, 6) is -0.403. The molecule has 118 valence electrons. The SMILES string of the molecule is C=C(C)CN(C)S(=O)(=O)c1ccc(F)c(CNCCC)c1. The highest BCUT2D eigenvalue weighted by Crippen LogP contribution is 2.19. The van der Waals surface area contributed by atoms with Crippen LogP contribution >= 0.6 is 0 Å². The summed E-state index contributed by atoms with van der Waals surface area (Å²) in [7, 11) is -2.14. The van der Waals surface area contributed by atoms with Gasteiger partial charge < -0.3 is 5.32 Å². The van der Waals surface area contributed by atoms with E-state index in [1.807, 2.05) is 6.92 Å². The second kappa shape index (κ2) is 7.68. The first-order valence-corrected chi connectivity index (χ1v) is 8.33. The molecule has 1 N–H and O–H groups in total. The van der Waals surface area contributed by atoms with Crippen LogP contribution in [0.15, 0.2) is 35.2 Å². The average molecular weight is 314 g/mol.